The number of methoxy groups -OCH3 is 1. The molecule has 270 valence electrons. The number of benzene rings is 3. The third-order valence-electron chi connectivity index (χ3n) is 10.3. The van der Waals surface area contributed by atoms with E-state index in [0.29, 0.717) is 37.6 Å². The molecule has 3 aromatic carbocycles. The maximum Gasteiger partial charge on any atom is 0.321 e. The van der Waals surface area contributed by atoms with Crippen LogP contribution in [0.3, 0.4) is 0 Å². The number of nitrogens with zero attached hydrogens (tertiary/aromatic N) is 4. The van der Waals surface area contributed by atoms with Crippen LogP contribution in [0.4, 0.5) is 21.9 Å². The highest BCUT2D eigenvalue weighted by molar-refractivity contribution is 5.94. The van der Waals surface area contributed by atoms with Crippen LogP contribution in [0.15, 0.2) is 85.1 Å². The van der Waals surface area contributed by atoms with Crippen molar-refractivity contribution in [2.45, 2.75) is 77.7 Å². The van der Waals surface area contributed by atoms with Crippen molar-refractivity contribution in [2.24, 2.45) is 0 Å². The van der Waals surface area contributed by atoms with Crippen LogP contribution >= 0.6 is 0 Å². The molecular weight excluding hydrogens is 635 g/mol. The van der Waals surface area contributed by atoms with Crippen LogP contribution < -0.4 is 24.6 Å². The number of para-hydroxylation sites is 2. The Morgan fingerprint density at radius 2 is 1.57 bits per heavy atom. The molecule has 0 spiro atoms. The van der Waals surface area contributed by atoms with Crippen LogP contribution in [0.25, 0.3) is 0 Å². The summed E-state index contributed by atoms with van der Waals surface area (Å²) in [5.41, 5.74) is 8.03. The maximum atomic E-state index is 14.3. The molecule has 51 heavy (non-hydrogen) atoms. The minimum Gasteiger partial charge on any atom is -0.493 e. The zero-order valence-corrected chi connectivity index (χ0v) is 30.6. The van der Waals surface area contributed by atoms with Gasteiger partial charge in [-0.1, -0.05) is 69.0 Å². The number of ether oxygens (including phenoxy) is 2. The van der Waals surface area contributed by atoms with Gasteiger partial charge in [-0.3, -0.25) is 4.98 Å². The summed E-state index contributed by atoms with van der Waals surface area (Å²) in [5.74, 6) is 1.39. The van der Waals surface area contributed by atoms with E-state index in [1.54, 1.807) is 13.3 Å². The van der Waals surface area contributed by atoms with Crippen LogP contribution in [0.2, 0.25) is 0 Å². The quantitative estimate of drug-likeness (QED) is 0.119. The van der Waals surface area contributed by atoms with Gasteiger partial charge in [0, 0.05) is 51.2 Å². The van der Waals surface area contributed by atoms with Gasteiger partial charge in [-0.05, 0) is 97.7 Å². The number of fused-ring (bicyclic) bond motifs is 1. The Labute approximate surface area is 304 Å². The number of amides is 2. The molecule has 8 nitrogen and oxygen atoms in total. The molecule has 1 aromatic heterocycles. The number of aryl methyl sites for hydroxylation is 2. The molecular formula is C43H55N5O3. The van der Waals surface area contributed by atoms with Crippen LogP contribution in [0.5, 0.6) is 11.5 Å². The Kier molecular flexibility index (Phi) is 13.1. The summed E-state index contributed by atoms with van der Waals surface area (Å²) in [6.07, 6.45) is 12.7. The van der Waals surface area contributed by atoms with E-state index < -0.39 is 0 Å². The molecule has 1 saturated heterocycles. The number of pyridine rings is 1. The summed E-state index contributed by atoms with van der Waals surface area (Å²) in [7, 11) is 1.67. The van der Waals surface area contributed by atoms with Crippen molar-refractivity contribution in [3.63, 3.8) is 0 Å². The van der Waals surface area contributed by atoms with Crippen molar-refractivity contribution in [1.82, 2.24) is 9.88 Å². The number of carbonyl (C=O) groups is 1. The van der Waals surface area contributed by atoms with Gasteiger partial charge in [-0.2, -0.15) is 0 Å². The van der Waals surface area contributed by atoms with Crippen molar-refractivity contribution in [3.05, 3.63) is 107 Å². The predicted molar refractivity (Wildman–Crippen MR) is 209 cm³/mol. The number of urea groups is 1. The van der Waals surface area contributed by atoms with E-state index in [1.807, 2.05) is 35.2 Å². The van der Waals surface area contributed by atoms with Gasteiger partial charge >= 0.3 is 6.03 Å². The smallest absolute Gasteiger partial charge is 0.321 e. The second-order valence-corrected chi connectivity index (χ2v) is 13.8. The highest BCUT2D eigenvalue weighted by Gasteiger charge is 2.24. The van der Waals surface area contributed by atoms with Crippen molar-refractivity contribution < 1.29 is 14.3 Å². The average molecular weight is 690 g/mol. The lowest BCUT2D eigenvalue weighted by atomic mass is 9.90. The molecule has 1 N–H and O–H groups in total. The average Bonchev–Trinajstić information content (AvgIpc) is 3.18. The lowest BCUT2D eigenvalue weighted by Gasteiger charge is -2.39. The van der Waals surface area contributed by atoms with E-state index in [4.69, 9.17) is 9.47 Å². The van der Waals surface area contributed by atoms with E-state index >= 15 is 0 Å². The predicted octanol–water partition coefficient (Wildman–Crippen LogP) is 8.92. The largest absolute Gasteiger partial charge is 0.493 e. The van der Waals surface area contributed by atoms with Gasteiger partial charge < -0.3 is 29.5 Å². The highest BCUT2D eigenvalue weighted by Crippen LogP contribution is 2.36. The zero-order chi connectivity index (χ0) is 35.3. The molecule has 0 radical (unpaired) electrons. The Morgan fingerprint density at radius 1 is 0.824 bits per heavy atom. The van der Waals surface area contributed by atoms with E-state index in [9.17, 15) is 4.79 Å². The summed E-state index contributed by atoms with van der Waals surface area (Å²) in [5, 5.41) is 3.44. The molecule has 1 fully saturated rings. The van der Waals surface area contributed by atoms with Crippen LogP contribution in [0, 0.1) is 0 Å². The Hall–Kier alpha value is -4.72. The minimum absolute atomic E-state index is 0.0377. The topological polar surface area (TPSA) is 70.2 Å². The standard InChI is InChI=1S/C43H55N5O3/c1-3-4-5-6-14-25-48(26-23-34-18-15-22-41(50-2)42(34)51-33-37-19-12-13-24-44-37)43(49)45-39-31-35-16-10-11-17-36(35)32-40(39)47-29-27-46(28-30-47)38-20-8-7-9-21-38/h7-9,12-13,15,18-22,24,31-32H,3-6,10-11,14,16-17,23,25-30,33H2,1-2H3,(H,45,49). The first-order valence-electron chi connectivity index (χ1n) is 19.1. The molecule has 2 heterocycles. The lowest BCUT2D eigenvalue weighted by molar-refractivity contribution is 0.210. The highest BCUT2D eigenvalue weighted by atomic mass is 16.5. The fourth-order valence-corrected chi connectivity index (χ4v) is 7.36. The van der Waals surface area contributed by atoms with Gasteiger partial charge in [0.2, 0.25) is 0 Å². The number of carbonyl (C=O) groups excluding carboxylic acids is 1. The van der Waals surface area contributed by atoms with Crippen LogP contribution in [0.1, 0.15) is 74.3 Å². The summed E-state index contributed by atoms with van der Waals surface area (Å²) in [6.45, 7) is 7.58. The third kappa shape index (κ3) is 9.75. The molecule has 0 bridgehead atoms. The second-order valence-electron chi connectivity index (χ2n) is 13.8. The first kappa shape index (κ1) is 36.1. The Balaban J connectivity index is 1.20. The molecule has 1 aliphatic carbocycles. The van der Waals surface area contributed by atoms with Crippen molar-refractivity contribution in [2.75, 3.05) is 61.5 Å². The first-order valence-corrected chi connectivity index (χ1v) is 19.1. The fraction of sp³-hybridized carbons (Fsp3) is 0.442. The molecule has 4 aromatic rings. The van der Waals surface area contributed by atoms with Gasteiger partial charge in [-0.25, -0.2) is 4.79 Å². The van der Waals surface area contributed by atoms with Crippen LogP contribution in [-0.2, 0) is 25.9 Å². The number of piperazine rings is 1. The van der Waals surface area contributed by atoms with Crippen LogP contribution in [-0.4, -0.2) is 62.3 Å². The lowest BCUT2D eigenvalue weighted by Crippen LogP contribution is -2.47. The van der Waals surface area contributed by atoms with Gasteiger partial charge in [0.15, 0.2) is 11.5 Å². The number of nitrogens with one attached hydrogen (secondary N) is 1. The summed E-state index contributed by atoms with van der Waals surface area (Å²) < 4.78 is 12.0. The first-order chi connectivity index (χ1) is 25.1. The van der Waals surface area contributed by atoms with E-state index in [-0.39, 0.29) is 6.03 Å². The number of rotatable bonds is 16. The summed E-state index contributed by atoms with van der Waals surface area (Å²) >= 11 is 0. The monoisotopic (exact) mass is 689 g/mol. The molecule has 0 unspecified atom stereocenters. The molecule has 8 heteroatoms. The normalized spacial score (nSPS) is 14.2. The van der Waals surface area contributed by atoms with E-state index in [2.05, 4.69) is 75.6 Å². The van der Waals surface area contributed by atoms with Gasteiger partial charge in [0.1, 0.15) is 6.61 Å². The molecule has 6 rings (SSSR count). The van der Waals surface area contributed by atoms with E-state index in [1.165, 1.54) is 48.9 Å². The Morgan fingerprint density at radius 3 is 2.31 bits per heavy atom. The summed E-state index contributed by atoms with van der Waals surface area (Å²) in [4.78, 5) is 25.7. The number of unbranched alkanes of at least 4 members (excludes halogenated alkanes) is 4. The molecule has 2 aliphatic rings. The number of hydrogen-bond donors (Lipinski definition) is 1. The van der Waals surface area contributed by atoms with Gasteiger partial charge in [0.25, 0.3) is 0 Å². The van der Waals surface area contributed by atoms with Crippen molar-refractivity contribution in [1.29, 1.82) is 0 Å². The SMILES string of the molecule is CCCCCCCN(CCc1cccc(OC)c1OCc1ccccn1)C(=O)Nc1cc2c(cc1N1CCN(c3ccccc3)CC1)CCCC2. The second kappa shape index (κ2) is 18.5. The molecule has 1 aliphatic heterocycles. The number of anilines is 3. The maximum absolute atomic E-state index is 14.3. The summed E-state index contributed by atoms with van der Waals surface area (Å²) in [6, 6.07) is 27.1. The van der Waals surface area contributed by atoms with E-state index in [0.717, 1.165) is 74.5 Å². The number of aromatic nitrogens is 1. The van der Waals surface area contributed by atoms with Gasteiger partial charge in [-0.15, -0.1) is 0 Å². The van der Waals surface area contributed by atoms with Crippen molar-refractivity contribution in [3.8, 4) is 11.5 Å². The van der Waals surface area contributed by atoms with Crippen molar-refractivity contribution >= 4 is 23.1 Å². The molecule has 0 saturated carbocycles. The molecule has 2 amide bonds. The molecule has 0 atom stereocenters. The minimum atomic E-state index is -0.0377. The third-order valence-corrected chi connectivity index (χ3v) is 10.3. The fourth-order valence-electron chi connectivity index (χ4n) is 7.36. The zero-order valence-electron chi connectivity index (χ0n) is 30.6. The van der Waals surface area contributed by atoms with Gasteiger partial charge in [0.05, 0.1) is 24.2 Å². The Bertz CT molecular complexity index is 1670. The number of hydrogen-bond acceptors (Lipinski definition) is 6.